The number of allylic oxidation sites excluding steroid dienone is 1. The van der Waals surface area contributed by atoms with Crippen LogP contribution in [-0.4, -0.2) is 20.7 Å². The van der Waals surface area contributed by atoms with Gasteiger partial charge in [0.05, 0.1) is 4.92 Å². The van der Waals surface area contributed by atoms with Crippen LogP contribution in [0.5, 0.6) is 0 Å². The first-order valence-corrected chi connectivity index (χ1v) is 9.69. The number of nitrogens with zero attached hydrogens (tertiary/aromatic N) is 4. The number of nitriles is 1. The smallest absolute Gasteiger partial charge is 0.270 e. The molecule has 0 bridgehead atoms. The lowest BCUT2D eigenvalue weighted by molar-refractivity contribution is -0.384. The number of benzene rings is 2. The van der Waals surface area contributed by atoms with E-state index in [1.54, 1.807) is 36.4 Å². The number of Topliss-reactive ketones (excluding diaryl/α,β-unsaturated/α-hetero) is 1. The molecule has 0 aliphatic rings. The fourth-order valence-electron chi connectivity index (χ4n) is 2.74. The number of aromatic nitrogens is 2. The van der Waals surface area contributed by atoms with Crippen LogP contribution in [0.1, 0.15) is 27.3 Å². The van der Waals surface area contributed by atoms with E-state index in [0.29, 0.717) is 21.2 Å². The zero-order valence-electron chi connectivity index (χ0n) is 16.2. The van der Waals surface area contributed by atoms with E-state index in [2.05, 4.69) is 9.97 Å². The predicted molar refractivity (Wildman–Crippen MR) is 113 cm³/mol. The van der Waals surface area contributed by atoms with Crippen LogP contribution in [0.2, 0.25) is 0 Å². The summed E-state index contributed by atoms with van der Waals surface area (Å²) in [6.07, 6.45) is 1.37. The quantitative estimate of drug-likeness (QED) is 0.140. The van der Waals surface area contributed by atoms with Crippen LogP contribution in [-0.2, 0) is 0 Å². The van der Waals surface area contributed by atoms with E-state index in [1.807, 2.05) is 26.0 Å². The molecule has 0 saturated heterocycles. The molecule has 0 N–H and O–H groups in total. The van der Waals surface area contributed by atoms with Gasteiger partial charge in [0.25, 0.3) is 5.69 Å². The van der Waals surface area contributed by atoms with Crippen LogP contribution in [0, 0.1) is 35.3 Å². The maximum atomic E-state index is 12.7. The van der Waals surface area contributed by atoms with Gasteiger partial charge in [-0.15, -0.1) is 0 Å². The second-order valence-corrected chi connectivity index (χ2v) is 7.39. The summed E-state index contributed by atoms with van der Waals surface area (Å²) < 4.78 is 0. The number of nitro groups is 1. The second kappa shape index (κ2) is 9.11. The first-order valence-electron chi connectivity index (χ1n) is 8.87. The zero-order chi connectivity index (χ0) is 21.7. The van der Waals surface area contributed by atoms with Crippen LogP contribution >= 0.6 is 11.8 Å². The largest absolute Gasteiger partial charge is 0.288 e. The maximum Gasteiger partial charge on any atom is 0.270 e. The Morgan fingerprint density at radius 2 is 1.77 bits per heavy atom. The molecule has 7 nitrogen and oxygen atoms in total. The minimum atomic E-state index is -0.524. The van der Waals surface area contributed by atoms with Crippen LogP contribution in [0.25, 0.3) is 6.08 Å². The summed E-state index contributed by atoms with van der Waals surface area (Å²) in [6, 6.07) is 16.4. The molecule has 0 radical (unpaired) electrons. The monoisotopic (exact) mass is 416 g/mol. The molecule has 0 fully saturated rings. The first kappa shape index (κ1) is 20.9. The number of carbonyl (C=O) groups excluding carboxylic acids is 1. The molecule has 0 amide bonds. The number of rotatable bonds is 6. The van der Waals surface area contributed by atoms with Gasteiger partial charge in [-0.1, -0.05) is 30.3 Å². The number of carbonyl (C=O) groups is 1. The van der Waals surface area contributed by atoms with Crippen molar-refractivity contribution in [2.45, 2.75) is 23.9 Å². The number of hydrogen-bond donors (Lipinski definition) is 0. The van der Waals surface area contributed by atoms with Gasteiger partial charge in [0.15, 0.2) is 5.16 Å². The van der Waals surface area contributed by atoms with Crippen molar-refractivity contribution in [1.29, 1.82) is 5.26 Å². The molecule has 0 atom stereocenters. The van der Waals surface area contributed by atoms with Gasteiger partial charge in [0.2, 0.25) is 5.78 Å². The Labute approximate surface area is 177 Å². The summed E-state index contributed by atoms with van der Waals surface area (Å²) in [7, 11) is 0. The normalized spacial score (nSPS) is 11.0. The Balaban J connectivity index is 2.07. The van der Waals surface area contributed by atoms with Crippen molar-refractivity contribution >= 4 is 29.3 Å². The molecule has 3 aromatic rings. The highest BCUT2D eigenvalue weighted by molar-refractivity contribution is 7.99. The zero-order valence-corrected chi connectivity index (χ0v) is 17.0. The standard InChI is InChI=1S/C22H16N4O3S/c1-14-10-15(2)25-22(24-14)30-20-9-8-19(26(28)29)12-17(20)11-18(13-23)21(27)16-6-4-3-5-7-16/h3-12H,1-2H3/b18-11-. The van der Waals surface area contributed by atoms with Crippen LogP contribution in [0.3, 0.4) is 0 Å². The van der Waals surface area contributed by atoms with Gasteiger partial charge < -0.3 is 0 Å². The Morgan fingerprint density at radius 3 is 2.37 bits per heavy atom. The van der Waals surface area contributed by atoms with Crippen molar-refractivity contribution in [1.82, 2.24) is 9.97 Å². The van der Waals surface area contributed by atoms with Crippen molar-refractivity contribution in [2.24, 2.45) is 0 Å². The average Bonchev–Trinajstić information content (AvgIpc) is 2.72. The fraction of sp³-hybridized carbons (Fsp3) is 0.0909. The molecule has 0 aliphatic carbocycles. The highest BCUT2D eigenvalue weighted by Crippen LogP contribution is 2.32. The highest BCUT2D eigenvalue weighted by atomic mass is 32.2. The lowest BCUT2D eigenvalue weighted by atomic mass is 10.0. The number of ketones is 1. The van der Waals surface area contributed by atoms with Crippen LogP contribution in [0.4, 0.5) is 5.69 Å². The summed E-state index contributed by atoms with van der Waals surface area (Å²) >= 11 is 1.21. The van der Waals surface area contributed by atoms with Crippen molar-refractivity contribution in [2.75, 3.05) is 0 Å². The third-order valence-corrected chi connectivity index (χ3v) is 5.02. The van der Waals surface area contributed by atoms with E-state index in [0.717, 1.165) is 11.4 Å². The van der Waals surface area contributed by atoms with Crippen molar-refractivity contribution in [3.63, 3.8) is 0 Å². The molecule has 0 saturated carbocycles. The van der Waals surface area contributed by atoms with E-state index in [1.165, 1.54) is 30.0 Å². The summed E-state index contributed by atoms with van der Waals surface area (Å²) in [5.41, 5.74) is 2.06. The van der Waals surface area contributed by atoms with E-state index < -0.39 is 10.7 Å². The topological polar surface area (TPSA) is 110 Å². The van der Waals surface area contributed by atoms with E-state index in [-0.39, 0.29) is 11.3 Å². The van der Waals surface area contributed by atoms with Crippen molar-refractivity contribution in [3.8, 4) is 6.07 Å². The average molecular weight is 416 g/mol. The molecule has 2 aromatic carbocycles. The first-order chi connectivity index (χ1) is 14.4. The van der Waals surface area contributed by atoms with Gasteiger partial charge in [-0.3, -0.25) is 14.9 Å². The summed E-state index contributed by atoms with van der Waals surface area (Å²) in [6.45, 7) is 3.70. The van der Waals surface area contributed by atoms with E-state index in [4.69, 9.17) is 0 Å². The van der Waals surface area contributed by atoms with Crippen molar-refractivity contribution in [3.05, 3.63) is 92.8 Å². The van der Waals surface area contributed by atoms with Gasteiger partial charge in [0.1, 0.15) is 11.6 Å². The van der Waals surface area contributed by atoms with Gasteiger partial charge >= 0.3 is 0 Å². The van der Waals surface area contributed by atoms with Gasteiger partial charge in [-0.05, 0) is 49.4 Å². The summed E-state index contributed by atoms with van der Waals surface area (Å²) in [5, 5.41) is 21.3. The molecule has 0 aliphatic heterocycles. The minimum Gasteiger partial charge on any atom is -0.288 e. The lowest BCUT2D eigenvalue weighted by Gasteiger charge is -2.07. The Hall–Kier alpha value is -3.83. The van der Waals surface area contributed by atoms with Gasteiger partial charge in [0, 0.05) is 34.0 Å². The molecular weight excluding hydrogens is 400 g/mol. The molecule has 30 heavy (non-hydrogen) atoms. The molecule has 0 unspecified atom stereocenters. The molecule has 1 heterocycles. The summed E-state index contributed by atoms with van der Waals surface area (Å²) in [5.74, 6) is -0.455. The lowest BCUT2D eigenvalue weighted by Crippen LogP contribution is -2.02. The Bertz CT molecular complexity index is 1180. The fourth-order valence-corrected chi connectivity index (χ4v) is 3.69. The minimum absolute atomic E-state index is 0.120. The molecule has 8 heteroatoms. The van der Waals surface area contributed by atoms with Gasteiger partial charge in [-0.25, -0.2) is 9.97 Å². The number of non-ortho nitro benzene ring substituents is 1. The molecular formula is C22H16N4O3S. The van der Waals surface area contributed by atoms with E-state index in [9.17, 15) is 20.2 Å². The molecule has 148 valence electrons. The Kier molecular flexibility index (Phi) is 6.35. The molecule has 3 rings (SSSR count). The summed E-state index contributed by atoms with van der Waals surface area (Å²) in [4.78, 5) is 32.8. The Morgan fingerprint density at radius 1 is 1.10 bits per heavy atom. The van der Waals surface area contributed by atoms with Crippen LogP contribution < -0.4 is 0 Å². The molecule has 0 spiro atoms. The highest BCUT2D eigenvalue weighted by Gasteiger charge is 2.16. The van der Waals surface area contributed by atoms with E-state index >= 15 is 0 Å². The molecule has 1 aromatic heterocycles. The number of hydrogen-bond acceptors (Lipinski definition) is 7. The third kappa shape index (κ3) is 4.96. The van der Waals surface area contributed by atoms with Gasteiger partial charge in [-0.2, -0.15) is 5.26 Å². The third-order valence-electron chi connectivity index (χ3n) is 4.07. The van der Waals surface area contributed by atoms with Crippen LogP contribution in [0.15, 0.2) is 70.2 Å². The van der Waals surface area contributed by atoms with Crippen molar-refractivity contribution < 1.29 is 9.72 Å². The maximum absolute atomic E-state index is 12.7. The second-order valence-electron chi connectivity index (χ2n) is 6.38. The predicted octanol–water partition coefficient (Wildman–Crippen LogP) is 4.94. The number of aryl methyl sites for hydroxylation is 2. The SMILES string of the molecule is Cc1cc(C)nc(Sc2ccc([N+](=O)[O-])cc2/C=C(/C#N)C(=O)c2ccccc2)n1. The number of nitro benzene ring substituents is 1.